The normalized spacial score (nSPS) is 19.1. The van der Waals surface area contributed by atoms with Crippen LogP contribution in [0.25, 0.3) is 28.0 Å². The molecule has 5 nitrogen and oxygen atoms in total. The summed E-state index contributed by atoms with van der Waals surface area (Å²) in [4.78, 5) is 2.36. The lowest BCUT2D eigenvalue weighted by Crippen LogP contribution is -2.37. The first-order valence-electron chi connectivity index (χ1n) is 16.2. The van der Waals surface area contributed by atoms with Crippen LogP contribution in [0.3, 0.4) is 0 Å². The van der Waals surface area contributed by atoms with Gasteiger partial charge in [0.1, 0.15) is 11.6 Å². The van der Waals surface area contributed by atoms with Gasteiger partial charge in [0.05, 0.1) is 27.4 Å². The Hall–Kier alpha value is -4.81. The van der Waals surface area contributed by atoms with Gasteiger partial charge in [-0.2, -0.15) is 0 Å². The van der Waals surface area contributed by atoms with Crippen molar-refractivity contribution in [1.29, 1.82) is 0 Å². The predicted octanol–water partition coefficient (Wildman–Crippen LogP) is 8.80. The van der Waals surface area contributed by atoms with Crippen molar-refractivity contribution >= 4 is 22.5 Å². The highest BCUT2D eigenvalue weighted by atomic mass is 19.1. The average Bonchev–Trinajstić information content (AvgIpc) is 3.34. The second-order valence-corrected chi connectivity index (χ2v) is 13.2. The third-order valence-corrected chi connectivity index (χ3v) is 10.2. The maximum Gasteiger partial charge on any atom is 0.178 e. The minimum absolute atomic E-state index is 0.244. The van der Waals surface area contributed by atoms with E-state index >= 15 is 4.39 Å². The lowest BCUT2D eigenvalue weighted by molar-refractivity contribution is 0.122. The number of hydrogen-bond acceptors (Lipinski definition) is 5. The molecule has 0 bridgehead atoms. The van der Waals surface area contributed by atoms with Crippen LogP contribution in [0, 0.1) is 12.7 Å². The molecule has 47 heavy (non-hydrogen) atoms. The van der Waals surface area contributed by atoms with Crippen LogP contribution in [0.1, 0.15) is 47.2 Å². The maximum absolute atomic E-state index is 15.1. The van der Waals surface area contributed by atoms with Gasteiger partial charge in [0, 0.05) is 46.3 Å². The van der Waals surface area contributed by atoms with Crippen molar-refractivity contribution in [3.8, 4) is 28.4 Å². The fourth-order valence-corrected chi connectivity index (χ4v) is 8.19. The summed E-state index contributed by atoms with van der Waals surface area (Å²) in [5.41, 5.74) is 8.02. The molecule has 1 fully saturated rings. The second kappa shape index (κ2) is 10.9. The Morgan fingerprint density at radius 3 is 2.13 bits per heavy atom. The van der Waals surface area contributed by atoms with Gasteiger partial charge in [0.25, 0.3) is 0 Å². The highest BCUT2D eigenvalue weighted by Crippen LogP contribution is 2.59. The van der Waals surface area contributed by atoms with E-state index in [1.807, 2.05) is 25.1 Å². The maximum atomic E-state index is 15.1. The van der Waals surface area contributed by atoms with E-state index in [1.165, 1.54) is 5.69 Å². The quantitative estimate of drug-likeness (QED) is 0.195. The van der Waals surface area contributed by atoms with Crippen LogP contribution in [-0.2, 0) is 15.8 Å². The topological polar surface area (TPSA) is 40.2 Å². The number of benzene rings is 5. The van der Waals surface area contributed by atoms with E-state index in [9.17, 15) is 0 Å². The van der Waals surface area contributed by atoms with Crippen LogP contribution in [0.15, 0.2) is 84.9 Å². The lowest BCUT2D eigenvalue weighted by atomic mass is 9.76. The molecule has 1 saturated heterocycles. The van der Waals surface area contributed by atoms with Gasteiger partial charge in [-0.1, -0.05) is 62.4 Å². The van der Waals surface area contributed by atoms with Crippen molar-refractivity contribution in [2.75, 3.05) is 45.4 Å². The summed E-state index contributed by atoms with van der Waals surface area (Å²) < 4.78 is 39.8. The number of nitrogens with zero attached hydrogens (tertiary/aromatic N) is 1. The zero-order valence-electron chi connectivity index (χ0n) is 27.4. The first-order valence-corrected chi connectivity index (χ1v) is 16.2. The zero-order valence-corrected chi connectivity index (χ0v) is 27.4. The Bertz CT molecular complexity index is 2060. The van der Waals surface area contributed by atoms with Crippen molar-refractivity contribution in [3.63, 3.8) is 0 Å². The number of halogens is 1. The Labute approximate surface area is 275 Å². The van der Waals surface area contributed by atoms with Gasteiger partial charge < -0.3 is 23.8 Å². The third kappa shape index (κ3) is 4.38. The molecule has 5 aromatic carbocycles. The number of aryl methyl sites for hydroxylation is 1. The van der Waals surface area contributed by atoms with E-state index in [1.54, 1.807) is 26.4 Å². The molecule has 0 saturated carbocycles. The number of anilines is 1. The van der Waals surface area contributed by atoms with Gasteiger partial charge in [-0.15, -0.1) is 0 Å². The highest BCUT2D eigenvalue weighted by molar-refractivity contribution is 6.09. The smallest absolute Gasteiger partial charge is 0.178 e. The molecule has 8 rings (SSSR count). The zero-order chi connectivity index (χ0) is 32.5. The molecule has 0 N–H and O–H groups in total. The molecule has 0 spiro atoms. The first kappa shape index (κ1) is 29.6. The summed E-state index contributed by atoms with van der Waals surface area (Å²) in [6.07, 6.45) is 4.41. The van der Waals surface area contributed by atoms with Gasteiger partial charge >= 0.3 is 0 Å². The molecule has 0 radical (unpaired) electrons. The largest absolute Gasteiger partial charge is 0.493 e. The molecule has 3 aliphatic rings. The molecule has 1 aliphatic carbocycles. The number of hydrogen-bond donors (Lipinski definition) is 0. The fourth-order valence-electron chi connectivity index (χ4n) is 8.19. The SMILES string of the molecule is COc1cc2c3c(c4c(c2cc1OC)-c1cc(F)cc(C)c1C4(C)C)C=CC(c1ccccc1)(c1ccc(N2CCOCC2)cc1)O3. The molecular weight excluding hydrogens is 589 g/mol. The van der Waals surface area contributed by atoms with E-state index in [4.69, 9.17) is 18.9 Å². The van der Waals surface area contributed by atoms with Crippen LogP contribution in [0.2, 0.25) is 0 Å². The fraction of sp³-hybridized carbons (Fsp3) is 0.268. The lowest BCUT2D eigenvalue weighted by Gasteiger charge is -2.39. The van der Waals surface area contributed by atoms with Crippen molar-refractivity contribution in [2.24, 2.45) is 0 Å². The summed E-state index contributed by atoms with van der Waals surface area (Å²) >= 11 is 0. The van der Waals surface area contributed by atoms with Crippen LogP contribution in [0.5, 0.6) is 17.2 Å². The summed E-state index contributed by atoms with van der Waals surface area (Å²) in [5.74, 6) is 1.74. The molecule has 0 aromatic heterocycles. The van der Waals surface area contributed by atoms with E-state index in [0.29, 0.717) is 11.5 Å². The summed E-state index contributed by atoms with van der Waals surface area (Å²) in [5, 5.41) is 1.82. The molecule has 0 amide bonds. The molecule has 1 unspecified atom stereocenters. The van der Waals surface area contributed by atoms with Crippen molar-refractivity contribution < 1.29 is 23.3 Å². The van der Waals surface area contributed by atoms with E-state index < -0.39 is 11.0 Å². The van der Waals surface area contributed by atoms with Crippen LogP contribution in [-0.4, -0.2) is 40.5 Å². The van der Waals surface area contributed by atoms with Crippen LogP contribution >= 0.6 is 0 Å². The monoisotopic (exact) mass is 627 g/mol. The Balaban J connectivity index is 1.40. The average molecular weight is 628 g/mol. The minimum atomic E-state index is -0.899. The van der Waals surface area contributed by atoms with Crippen molar-refractivity contribution in [2.45, 2.75) is 31.8 Å². The molecule has 1 atom stereocenters. The third-order valence-electron chi connectivity index (χ3n) is 10.2. The van der Waals surface area contributed by atoms with Gasteiger partial charge in [0.15, 0.2) is 17.1 Å². The van der Waals surface area contributed by atoms with Crippen LogP contribution in [0.4, 0.5) is 10.1 Å². The minimum Gasteiger partial charge on any atom is -0.493 e. The van der Waals surface area contributed by atoms with Crippen LogP contribution < -0.4 is 19.1 Å². The van der Waals surface area contributed by atoms with Gasteiger partial charge in [-0.05, 0) is 82.6 Å². The van der Waals surface area contributed by atoms with Gasteiger partial charge in [0.2, 0.25) is 0 Å². The number of ether oxygens (including phenoxy) is 4. The van der Waals surface area contributed by atoms with Gasteiger partial charge in [-0.3, -0.25) is 0 Å². The number of rotatable bonds is 5. The Kier molecular flexibility index (Phi) is 6.85. The van der Waals surface area contributed by atoms with Crippen molar-refractivity contribution in [1.82, 2.24) is 0 Å². The predicted molar refractivity (Wildman–Crippen MR) is 186 cm³/mol. The Morgan fingerprint density at radius 1 is 0.787 bits per heavy atom. The molecule has 238 valence electrons. The van der Waals surface area contributed by atoms with E-state index in [2.05, 4.69) is 79.4 Å². The standard InChI is InChI=1S/C41H38FNO4/c1-25-21-28(42)22-33-36-31-23-34(44-4)35(45-5)24-32(31)39-30(38(36)40(2,3)37(25)33)15-16-41(47-39,26-9-7-6-8-10-26)27-11-13-29(14-12-27)43-17-19-46-20-18-43/h6-16,21-24H,17-20H2,1-5H3. The number of methoxy groups -OCH3 is 2. The summed E-state index contributed by atoms with van der Waals surface area (Å²) in [7, 11) is 3.29. The Morgan fingerprint density at radius 2 is 1.45 bits per heavy atom. The first-order chi connectivity index (χ1) is 22.8. The summed E-state index contributed by atoms with van der Waals surface area (Å²) in [6.45, 7) is 9.67. The molecular formula is C41H38FNO4. The molecule has 6 heteroatoms. The van der Waals surface area contributed by atoms with Gasteiger partial charge in [-0.25, -0.2) is 4.39 Å². The van der Waals surface area contributed by atoms with E-state index in [0.717, 1.165) is 87.3 Å². The molecule has 2 heterocycles. The molecule has 2 aliphatic heterocycles. The van der Waals surface area contributed by atoms with E-state index in [-0.39, 0.29) is 5.82 Å². The van der Waals surface area contributed by atoms with Crippen molar-refractivity contribution in [3.05, 3.63) is 124 Å². The second-order valence-electron chi connectivity index (χ2n) is 13.2. The number of morpholine rings is 1. The number of fused-ring (bicyclic) bond motifs is 8. The summed E-state index contributed by atoms with van der Waals surface area (Å²) in [6, 6.07) is 26.4. The highest BCUT2D eigenvalue weighted by Gasteiger charge is 2.45. The molecule has 5 aromatic rings.